The largest absolute Gasteiger partial charge is 0.499 e. The van der Waals surface area contributed by atoms with Gasteiger partial charge in [0.1, 0.15) is 29.6 Å². The van der Waals surface area contributed by atoms with E-state index in [1.54, 1.807) is 26.0 Å². The van der Waals surface area contributed by atoms with Gasteiger partial charge in [-0.05, 0) is 39.8 Å². The van der Waals surface area contributed by atoms with Crippen LogP contribution in [0, 0.1) is 16.7 Å². The van der Waals surface area contributed by atoms with Gasteiger partial charge in [-0.2, -0.15) is 5.26 Å². The van der Waals surface area contributed by atoms with Crippen LogP contribution in [0.15, 0.2) is 34.8 Å². The number of hydrogen-bond donors (Lipinski definition) is 1. The van der Waals surface area contributed by atoms with Gasteiger partial charge < -0.3 is 18.9 Å². The third-order valence-corrected chi connectivity index (χ3v) is 5.07. The Bertz CT molecular complexity index is 862. The van der Waals surface area contributed by atoms with Crippen molar-refractivity contribution in [3.63, 3.8) is 0 Å². The van der Waals surface area contributed by atoms with Gasteiger partial charge in [0.25, 0.3) is 0 Å². The van der Waals surface area contributed by atoms with Gasteiger partial charge in [0, 0.05) is 12.0 Å². The average molecular weight is 417 g/mol. The van der Waals surface area contributed by atoms with Crippen molar-refractivity contribution in [1.82, 2.24) is 0 Å². The van der Waals surface area contributed by atoms with E-state index >= 15 is 0 Å². The van der Waals surface area contributed by atoms with Crippen LogP contribution in [0.2, 0.25) is 0 Å². The molecule has 0 unspecified atom stereocenters. The zero-order chi connectivity index (χ0) is 22.5. The molecule has 8 nitrogen and oxygen atoms in total. The quantitative estimate of drug-likeness (QED) is 0.375. The fourth-order valence-corrected chi connectivity index (χ4v) is 4.09. The second kappa shape index (κ2) is 9.16. The zero-order valence-electron chi connectivity index (χ0n) is 18.4. The molecule has 0 radical (unpaired) electrons. The van der Waals surface area contributed by atoms with Crippen LogP contribution < -0.4 is 4.99 Å². The first-order valence-corrected chi connectivity index (χ1v) is 9.83. The maximum Gasteiger partial charge on any atom is 0.349 e. The monoisotopic (exact) mass is 417 g/mol. The number of methoxy groups -OCH3 is 2. The van der Waals surface area contributed by atoms with Gasteiger partial charge in [-0.25, -0.2) is 9.79 Å². The van der Waals surface area contributed by atoms with Crippen LogP contribution in [0.4, 0.5) is 0 Å². The van der Waals surface area contributed by atoms with Crippen LogP contribution in [0.1, 0.15) is 40.5 Å². The summed E-state index contributed by atoms with van der Waals surface area (Å²) in [6, 6.07) is 1.91. The molecule has 0 aromatic carbocycles. The summed E-state index contributed by atoms with van der Waals surface area (Å²) in [6.45, 7) is 7.88. The molecule has 1 spiro atoms. The molecule has 8 heteroatoms. The molecule has 2 aliphatic rings. The van der Waals surface area contributed by atoms with Gasteiger partial charge in [-0.15, -0.1) is 0 Å². The van der Waals surface area contributed by atoms with E-state index in [1.165, 1.54) is 14.2 Å². The Morgan fingerprint density at radius 3 is 2.13 bits per heavy atom. The Morgan fingerprint density at radius 1 is 1.10 bits per heavy atom. The first-order chi connectivity index (χ1) is 14.2. The summed E-state index contributed by atoms with van der Waals surface area (Å²) in [6.07, 6.45) is 3.84. The second-order valence-electron chi connectivity index (χ2n) is 7.64. The van der Waals surface area contributed by atoms with Crippen molar-refractivity contribution in [2.45, 2.75) is 46.1 Å². The average Bonchev–Trinajstić information content (AvgIpc) is 2.94. The highest BCUT2D eigenvalue weighted by Crippen LogP contribution is 2.49. The molecular weight excluding hydrogens is 388 g/mol. The zero-order valence-corrected chi connectivity index (χ0v) is 18.4. The van der Waals surface area contributed by atoms with Gasteiger partial charge in [0.15, 0.2) is 16.7 Å². The summed E-state index contributed by atoms with van der Waals surface area (Å²) >= 11 is 0. The second-order valence-corrected chi connectivity index (χ2v) is 7.64. The minimum Gasteiger partial charge on any atom is -0.499 e. The van der Waals surface area contributed by atoms with Crippen LogP contribution in [0.5, 0.6) is 0 Å². The van der Waals surface area contributed by atoms with E-state index < -0.39 is 11.4 Å². The topological polar surface area (TPSA) is 109 Å². The summed E-state index contributed by atoms with van der Waals surface area (Å²) in [7, 11) is 3.01. The fourth-order valence-electron chi connectivity index (χ4n) is 4.09. The minimum absolute atomic E-state index is 0.0285. The van der Waals surface area contributed by atoms with Crippen molar-refractivity contribution in [1.29, 1.82) is 5.26 Å². The summed E-state index contributed by atoms with van der Waals surface area (Å²) in [5.74, 6) is -0.156. The van der Waals surface area contributed by atoms with E-state index in [1.807, 2.05) is 19.9 Å². The predicted octanol–water partition coefficient (Wildman–Crippen LogP) is 1.09. The van der Waals surface area contributed by atoms with Crippen molar-refractivity contribution in [3.8, 4) is 6.07 Å². The third-order valence-electron chi connectivity index (χ3n) is 5.07. The predicted molar refractivity (Wildman–Crippen MR) is 108 cm³/mol. The first kappa shape index (κ1) is 23.2. The van der Waals surface area contributed by atoms with Crippen LogP contribution in [-0.2, 0) is 28.5 Å². The Morgan fingerprint density at radius 2 is 1.67 bits per heavy atom. The molecule has 1 aliphatic carbocycles. The number of rotatable bonds is 7. The van der Waals surface area contributed by atoms with Crippen LogP contribution in [0.25, 0.3) is 0 Å². The lowest BCUT2D eigenvalue weighted by molar-refractivity contribution is -0.534. The van der Waals surface area contributed by atoms with E-state index in [4.69, 9.17) is 18.9 Å². The SMILES string of the molecule is CCOC(=O)CC1=[NH+]C(C)(C)CC12C(OC)=CC(=C(C#N)C(=O)OCC)C=C2OC. The highest BCUT2D eigenvalue weighted by atomic mass is 16.5. The molecular formula is C22H29N2O6+. The molecule has 1 aliphatic heterocycles. The number of esters is 2. The van der Waals surface area contributed by atoms with Crippen LogP contribution in [0.3, 0.4) is 0 Å². The number of allylic oxidation sites excluding steroid dienone is 3. The highest BCUT2D eigenvalue weighted by Gasteiger charge is 2.60. The summed E-state index contributed by atoms with van der Waals surface area (Å²) in [5.41, 5.74) is -0.375. The molecule has 1 N–H and O–H groups in total. The van der Waals surface area contributed by atoms with Gasteiger partial charge in [0.2, 0.25) is 0 Å². The lowest BCUT2D eigenvalue weighted by Gasteiger charge is -2.34. The molecule has 162 valence electrons. The number of ether oxygens (including phenoxy) is 4. The smallest absolute Gasteiger partial charge is 0.349 e. The van der Waals surface area contributed by atoms with E-state index in [0.29, 0.717) is 29.2 Å². The number of carbonyl (C=O) groups is 2. The molecule has 0 amide bonds. The minimum atomic E-state index is -0.876. The lowest BCUT2D eigenvalue weighted by Crippen LogP contribution is -2.82. The molecule has 0 saturated heterocycles. The summed E-state index contributed by atoms with van der Waals surface area (Å²) in [5, 5.41) is 9.54. The van der Waals surface area contributed by atoms with Crippen LogP contribution >= 0.6 is 0 Å². The number of nitrogens with one attached hydrogen (secondary N) is 1. The maximum atomic E-state index is 12.3. The van der Waals surface area contributed by atoms with Gasteiger partial charge in [-0.1, -0.05) is 0 Å². The molecule has 30 heavy (non-hydrogen) atoms. The highest BCUT2D eigenvalue weighted by molar-refractivity contribution is 6.03. The molecule has 2 rings (SSSR count). The van der Waals surface area contributed by atoms with Crippen molar-refractivity contribution in [2.24, 2.45) is 5.41 Å². The number of nitriles is 1. The molecule has 0 atom stereocenters. The fraction of sp³-hybridized carbons (Fsp3) is 0.545. The van der Waals surface area contributed by atoms with Crippen LogP contribution in [-0.4, -0.2) is 50.6 Å². The van der Waals surface area contributed by atoms with E-state index in [-0.39, 0.29) is 36.7 Å². The number of carbonyl (C=O) groups excluding carboxylic acids is 2. The van der Waals surface area contributed by atoms with E-state index in [2.05, 4.69) is 4.99 Å². The molecule has 0 bridgehead atoms. The van der Waals surface area contributed by atoms with Gasteiger partial charge in [0.05, 0.1) is 27.4 Å². The number of nitrogens with zero attached hydrogens (tertiary/aromatic N) is 1. The molecule has 1 heterocycles. The lowest BCUT2D eigenvalue weighted by atomic mass is 9.70. The Balaban J connectivity index is 2.67. The van der Waals surface area contributed by atoms with Crippen molar-refractivity contribution in [3.05, 3.63) is 34.8 Å². The van der Waals surface area contributed by atoms with Gasteiger partial charge >= 0.3 is 11.9 Å². The molecule has 0 fully saturated rings. The van der Waals surface area contributed by atoms with Crippen molar-refractivity contribution in [2.75, 3.05) is 27.4 Å². The van der Waals surface area contributed by atoms with Gasteiger partial charge in [-0.3, -0.25) is 4.79 Å². The number of hydrogen-bond acceptors (Lipinski definition) is 7. The molecule has 0 aromatic heterocycles. The third kappa shape index (κ3) is 4.25. The van der Waals surface area contributed by atoms with E-state index in [0.717, 1.165) is 0 Å². The van der Waals surface area contributed by atoms with Crippen molar-refractivity contribution < 1.29 is 33.5 Å². The normalized spacial score (nSPS) is 21.8. The van der Waals surface area contributed by atoms with Crippen molar-refractivity contribution >= 4 is 17.7 Å². The summed E-state index contributed by atoms with van der Waals surface area (Å²) in [4.78, 5) is 27.9. The Kier molecular flexibility index (Phi) is 7.08. The first-order valence-electron chi connectivity index (χ1n) is 9.83. The Labute approximate surface area is 176 Å². The molecule has 0 aromatic rings. The standard InChI is InChI=1S/C22H28N2O6/c1-7-29-19(25)11-16-22(13-21(3,4)24-16)17(27-5)9-14(10-18(22)28-6)15(12-23)20(26)30-8-2/h9-10H,7-8,11,13H2,1-6H3/p+1. The summed E-state index contributed by atoms with van der Waals surface area (Å²) < 4.78 is 21.6. The van der Waals surface area contributed by atoms with E-state index in [9.17, 15) is 14.9 Å². The maximum absolute atomic E-state index is 12.3. The Hall–Kier alpha value is -3.08. The molecule has 0 saturated carbocycles.